The first-order valence-corrected chi connectivity index (χ1v) is 8.19. The number of halogens is 2. The topological polar surface area (TPSA) is 57.5 Å². The summed E-state index contributed by atoms with van der Waals surface area (Å²) in [5, 5.41) is 14.9. The zero-order chi connectivity index (χ0) is 16.2. The summed E-state index contributed by atoms with van der Waals surface area (Å²) >= 11 is 13.0. The molecular weight excluding hydrogens is 353 g/mol. The Bertz CT molecular complexity index is 830. The fourth-order valence-corrected chi connectivity index (χ4v) is 2.78. The molecule has 0 spiro atoms. The van der Waals surface area contributed by atoms with Crippen molar-refractivity contribution >= 4 is 57.3 Å². The maximum atomic E-state index is 9.90. The van der Waals surface area contributed by atoms with Gasteiger partial charge in [0.25, 0.3) is 0 Å². The van der Waals surface area contributed by atoms with E-state index in [9.17, 15) is 5.11 Å². The molecule has 3 aromatic rings. The number of anilines is 2. The molecule has 4 nitrogen and oxygen atoms in total. The highest BCUT2D eigenvalue weighted by atomic mass is 35.5. The average Bonchev–Trinajstić information content (AvgIpc) is 2.89. The van der Waals surface area contributed by atoms with Gasteiger partial charge in [0, 0.05) is 15.7 Å². The van der Waals surface area contributed by atoms with Crippen LogP contribution >= 0.6 is 34.5 Å². The molecule has 2 aromatic carbocycles. The number of hydrogen-bond acceptors (Lipinski definition) is 5. The Morgan fingerprint density at radius 3 is 2.26 bits per heavy atom. The van der Waals surface area contributed by atoms with E-state index in [4.69, 9.17) is 23.2 Å². The molecule has 116 valence electrons. The molecule has 1 aromatic heterocycles. The van der Waals surface area contributed by atoms with E-state index >= 15 is 0 Å². The largest absolute Gasteiger partial charge is 0.492 e. The molecule has 3 rings (SSSR count). The van der Waals surface area contributed by atoms with Gasteiger partial charge in [0.1, 0.15) is 4.88 Å². The van der Waals surface area contributed by atoms with Gasteiger partial charge in [0.2, 0.25) is 5.88 Å². The van der Waals surface area contributed by atoms with Gasteiger partial charge in [-0.15, -0.1) is 0 Å². The van der Waals surface area contributed by atoms with Crippen LogP contribution in [0, 0.1) is 0 Å². The van der Waals surface area contributed by atoms with Crippen molar-refractivity contribution in [2.45, 2.75) is 0 Å². The smallest absolute Gasteiger partial charge is 0.233 e. The molecule has 2 N–H and O–H groups in total. The number of aromatic nitrogens is 1. The van der Waals surface area contributed by atoms with Crippen molar-refractivity contribution in [3.05, 3.63) is 63.5 Å². The fourth-order valence-electron chi connectivity index (χ4n) is 1.78. The van der Waals surface area contributed by atoms with Crippen LogP contribution in [-0.4, -0.2) is 16.3 Å². The lowest BCUT2D eigenvalue weighted by molar-refractivity contribution is 0.457. The molecule has 0 fully saturated rings. The van der Waals surface area contributed by atoms with E-state index in [2.05, 4.69) is 15.3 Å². The first kappa shape index (κ1) is 15.8. The standard InChI is InChI=1S/C16H11Cl2N3OS/c17-10-1-5-12(6-2-10)19-9-14-15(22)21-16(23-14)20-13-7-3-11(18)4-8-13/h1-9,22H,(H,20,21). The van der Waals surface area contributed by atoms with E-state index in [0.717, 1.165) is 11.4 Å². The summed E-state index contributed by atoms with van der Waals surface area (Å²) in [4.78, 5) is 8.93. The van der Waals surface area contributed by atoms with Crippen LogP contribution in [-0.2, 0) is 0 Å². The summed E-state index contributed by atoms with van der Waals surface area (Å²) in [5.41, 5.74) is 1.58. The van der Waals surface area contributed by atoms with Gasteiger partial charge in [-0.05, 0) is 48.5 Å². The number of nitrogens with one attached hydrogen (secondary N) is 1. The second-order valence-electron chi connectivity index (χ2n) is 4.57. The Morgan fingerprint density at radius 2 is 1.61 bits per heavy atom. The number of rotatable bonds is 4. The van der Waals surface area contributed by atoms with Gasteiger partial charge in [-0.1, -0.05) is 34.5 Å². The van der Waals surface area contributed by atoms with E-state index < -0.39 is 0 Å². The highest BCUT2D eigenvalue weighted by Crippen LogP contribution is 2.29. The zero-order valence-corrected chi connectivity index (χ0v) is 14.0. The van der Waals surface area contributed by atoms with Crippen molar-refractivity contribution in [3.63, 3.8) is 0 Å². The van der Waals surface area contributed by atoms with Gasteiger partial charge >= 0.3 is 0 Å². The Kier molecular flexibility index (Phi) is 4.81. The van der Waals surface area contributed by atoms with Crippen LogP contribution in [0.3, 0.4) is 0 Å². The predicted molar refractivity (Wildman–Crippen MR) is 97.2 cm³/mol. The monoisotopic (exact) mass is 363 g/mol. The molecule has 0 aliphatic rings. The maximum Gasteiger partial charge on any atom is 0.233 e. The molecule has 0 aliphatic heterocycles. The Hall–Kier alpha value is -2.08. The van der Waals surface area contributed by atoms with E-state index in [0.29, 0.717) is 20.1 Å². The highest BCUT2D eigenvalue weighted by Gasteiger charge is 2.08. The van der Waals surface area contributed by atoms with Crippen LogP contribution < -0.4 is 5.32 Å². The van der Waals surface area contributed by atoms with Crippen molar-refractivity contribution in [2.75, 3.05) is 5.32 Å². The van der Waals surface area contributed by atoms with Gasteiger partial charge < -0.3 is 10.4 Å². The van der Waals surface area contributed by atoms with Crippen molar-refractivity contribution < 1.29 is 5.11 Å². The lowest BCUT2D eigenvalue weighted by atomic mass is 10.3. The fraction of sp³-hybridized carbons (Fsp3) is 0. The molecule has 0 amide bonds. The van der Waals surface area contributed by atoms with Crippen molar-refractivity contribution in [3.8, 4) is 5.88 Å². The van der Waals surface area contributed by atoms with E-state index in [1.807, 2.05) is 12.1 Å². The van der Waals surface area contributed by atoms with Crippen LogP contribution in [0.25, 0.3) is 0 Å². The number of benzene rings is 2. The molecule has 0 radical (unpaired) electrons. The molecule has 0 unspecified atom stereocenters. The normalized spacial score (nSPS) is 11.0. The third kappa shape index (κ3) is 4.22. The lowest BCUT2D eigenvalue weighted by Crippen LogP contribution is -1.87. The summed E-state index contributed by atoms with van der Waals surface area (Å²) in [7, 11) is 0. The number of hydrogen-bond donors (Lipinski definition) is 2. The SMILES string of the molecule is Oc1nc(Nc2ccc(Cl)cc2)sc1C=Nc1ccc(Cl)cc1. The van der Waals surface area contributed by atoms with Gasteiger partial charge in [-0.25, -0.2) is 0 Å². The van der Waals surface area contributed by atoms with Gasteiger partial charge in [-0.2, -0.15) is 4.98 Å². The number of thiazole rings is 1. The number of nitrogens with zero attached hydrogens (tertiary/aromatic N) is 2. The zero-order valence-electron chi connectivity index (χ0n) is 11.7. The highest BCUT2D eigenvalue weighted by molar-refractivity contribution is 7.17. The molecule has 7 heteroatoms. The molecule has 0 aliphatic carbocycles. The summed E-state index contributed by atoms with van der Waals surface area (Å²) in [6.07, 6.45) is 1.57. The summed E-state index contributed by atoms with van der Waals surface area (Å²) in [6, 6.07) is 14.3. The van der Waals surface area contributed by atoms with Crippen molar-refractivity contribution in [1.29, 1.82) is 0 Å². The minimum Gasteiger partial charge on any atom is -0.492 e. The van der Waals surface area contributed by atoms with Gasteiger partial charge in [0.05, 0.1) is 11.9 Å². The molecular formula is C16H11Cl2N3OS. The van der Waals surface area contributed by atoms with Crippen LogP contribution in [0.2, 0.25) is 10.0 Å². The van der Waals surface area contributed by atoms with Gasteiger partial charge in [-0.3, -0.25) is 4.99 Å². The first-order chi connectivity index (χ1) is 11.1. The minimum absolute atomic E-state index is 0.0656. The van der Waals surface area contributed by atoms with Crippen molar-refractivity contribution in [2.24, 2.45) is 4.99 Å². The second-order valence-corrected chi connectivity index (χ2v) is 6.48. The molecule has 23 heavy (non-hydrogen) atoms. The average molecular weight is 364 g/mol. The Morgan fingerprint density at radius 1 is 1.00 bits per heavy atom. The Balaban J connectivity index is 1.75. The van der Waals surface area contributed by atoms with Crippen LogP contribution in [0.4, 0.5) is 16.5 Å². The van der Waals surface area contributed by atoms with Gasteiger partial charge in [0.15, 0.2) is 5.13 Å². The molecule has 0 bridgehead atoms. The third-order valence-electron chi connectivity index (χ3n) is 2.89. The molecule has 0 saturated heterocycles. The van der Waals surface area contributed by atoms with E-state index in [1.165, 1.54) is 11.3 Å². The summed E-state index contributed by atoms with van der Waals surface area (Å²) in [6.45, 7) is 0. The summed E-state index contributed by atoms with van der Waals surface area (Å²) in [5.74, 6) is -0.0656. The lowest BCUT2D eigenvalue weighted by Gasteiger charge is -2.01. The number of aliphatic imine (C=N–C) groups is 1. The van der Waals surface area contributed by atoms with Crippen LogP contribution in [0.15, 0.2) is 53.5 Å². The van der Waals surface area contributed by atoms with E-state index in [1.54, 1.807) is 42.6 Å². The molecule has 0 atom stereocenters. The van der Waals surface area contributed by atoms with Crippen LogP contribution in [0.5, 0.6) is 5.88 Å². The predicted octanol–water partition coefficient (Wildman–Crippen LogP) is 5.65. The molecule has 1 heterocycles. The third-order valence-corrected chi connectivity index (χ3v) is 4.29. The Labute approximate surface area is 147 Å². The second kappa shape index (κ2) is 7.00. The quantitative estimate of drug-likeness (QED) is 0.588. The summed E-state index contributed by atoms with van der Waals surface area (Å²) < 4.78 is 0. The minimum atomic E-state index is -0.0656. The molecule has 0 saturated carbocycles. The van der Waals surface area contributed by atoms with E-state index in [-0.39, 0.29) is 5.88 Å². The first-order valence-electron chi connectivity index (χ1n) is 6.62. The maximum absolute atomic E-state index is 9.90. The van der Waals surface area contributed by atoms with Crippen molar-refractivity contribution in [1.82, 2.24) is 4.98 Å². The van der Waals surface area contributed by atoms with Crippen LogP contribution in [0.1, 0.15) is 4.88 Å². The number of aromatic hydroxyl groups is 1.